The Kier molecular flexibility index (Phi) is 6.04. The van der Waals surface area contributed by atoms with Gasteiger partial charge in [0.15, 0.2) is 0 Å². The Morgan fingerprint density at radius 1 is 1.07 bits per heavy atom. The maximum absolute atomic E-state index is 12.3. The van der Waals surface area contributed by atoms with Crippen LogP contribution < -0.4 is 5.32 Å². The van der Waals surface area contributed by atoms with Crippen molar-refractivity contribution in [3.05, 3.63) is 82.0 Å². The van der Waals surface area contributed by atoms with Gasteiger partial charge in [-0.3, -0.25) is 4.79 Å². The summed E-state index contributed by atoms with van der Waals surface area (Å²) in [6.07, 6.45) is 0. The molecule has 142 valence electrons. The fraction of sp³-hybridized carbons (Fsp3) is 0.190. The zero-order valence-electron chi connectivity index (χ0n) is 15.2. The average molecular weight is 409 g/mol. The molecule has 0 saturated carbocycles. The number of thioether (sulfide) groups is 1. The molecule has 0 aliphatic carbocycles. The lowest BCUT2D eigenvalue weighted by molar-refractivity contribution is 0.0956. The smallest absolute Gasteiger partial charge is 0.251 e. The van der Waals surface area contributed by atoms with Gasteiger partial charge in [0.25, 0.3) is 5.91 Å². The molecule has 28 heavy (non-hydrogen) atoms. The zero-order valence-corrected chi connectivity index (χ0v) is 16.9. The van der Waals surface area contributed by atoms with Crippen LogP contribution in [0.4, 0.5) is 0 Å². The molecule has 0 bridgehead atoms. The van der Waals surface area contributed by atoms with Crippen molar-refractivity contribution < 1.29 is 4.79 Å². The van der Waals surface area contributed by atoms with E-state index < -0.39 is 0 Å². The number of fused-ring (bicyclic) bond motifs is 1. The minimum absolute atomic E-state index is 0.0329. The van der Waals surface area contributed by atoms with Crippen molar-refractivity contribution in [2.75, 3.05) is 12.3 Å². The maximum atomic E-state index is 12.3. The predicted molar refractivity (Wildman–Crippen MR) is 116 cm³/mol. The number of thiophene rings is 1. The minimum Gasteiger partial charge on any atom is -0.351 e. The minimum atomic E-state index is -0.0329. The Labute approximate surface area is 171 Å². The summed E-state index contributed by atoms with van der Waals surface area (Å²) in [7, 11) is 0. The average Bonchev–Trinajstić information content (AvgIpc) is 3.39. The van der Waals surface area contributed by atoms with Crippen molar-refractivity contribution >= 4 is 40.0 Å². The van der Waals surface area contributed by atoms with E-state index in [1.807, 2.05) is 65.0 Å². The van der Waals surface area contributed by atoms with E-state index in [9.17, 15) is 4.79 Å². The van der Waals surface area contributed by atoms with Gasteiger partial charge >= 0.3 is 0 Å². The third-order valence-corrected chi connectivity index (χ3v) is 6.39. The highest BCUT2D eigenvalue weighted by molar-refractivity contribution is 7.98. The molecular formula is C21H20N4OS2. The Morgan fingerprint density at radius 3 is 2.75 bits per heavy atom. The Balaban J connectivity index is 1.27. The summed E-state index contributed by atoms with van der Waals surface area (Å²) in [6.45, 7) is 1.29. The highest BCUT2D eigenvalue weighted by atomic mass is 32.2. The van der Waals surface area contributed by atoms with Crippen molar-refractivity contribution in [1.29, 1.82) is 0 Å². The number of carbonyl (C=O) groups is 1. The number of nitrogens with zero attached hydrogens (tertiary/aromatic N) is 3. The summed E-state index contributed by atoms with van der Waals surface area (Å²) in [5.41, 5.74) is 3.65. The summed E-state index contributed by atoms with van der Waals surface area (Å²) in [4.78, 5) is 13.7. The lowest BCUT2D eigenvalue weighted by Crippen LogP contribution is -2.25. The second-order valence-electron chi connectivity index (χ2n) is 6.32. The Morgan fingerprint density at radius 2 is 1.93 bits per heavy atom. The van der Waals surface area contributed by atoms with E-state index in [0.29, 0.717) is 18.7 Å². The molecule has 1 amide bonds. The van der Waals surface area contributed by atoms with Gasteiger partial charge in [0, 0.05) is 28.5 Å². The normalized spacial score (nSPS) is 11.0. The second-order valence-corrected chi connectivity index (χ2v) is 8.46. The first-order valence-electron chi connectivity index (χ1n) is 9.05. The maximum Gasteiger partial charge on any atom is 0.251 e. The molecular weight excluding hydrogens is 388 g/mol. The van der Waals surface area contributed by atoms with Crippen molar-refractivity contribution in [3.63, 3.8) is 0 Å². The summed E-state index contributed by atoms with van der Waals surface area (Å²) in [6, 6.07) is 19.8. The van der Waals surface area contributed by atoms with Crippen LogP contribution in [-0.2, 0) is 12.3 Å². The van der Waals surface area contributed by atoms with E-state index in [1.54, 1.807) is 11.3 Å². The van der Waals surface area contributed by atoms with Crippen LogP contribution in [0.15, 0.2) is 66.0 Å². The molecule has 0 radical (unpaired) electrons. The van der Waals surface area contributed by atoms with Crippen LogP contribution in [0.2, 0.25) is 0 Å². The van der Waals surface area contributed by atoms with Gasteiger partial charge in [-0.05, 0) is 41.3 Å². The molecule has 2 heterocycles. The number of para-hydroxylation sites is 1. The Bertz CT molecular complexity index is 1040. The molecule has 4 aromatic rings. The third-order valence-electron chi connectivity index (χ3n) is 4.33. The van der Waals surface area contributed by atoms with Crippen LogP contribution in [0, 0.1) is 0 Å². The monoisotopic (exact) mass is 408 g/mol. The molecule has 5 nitrogen and oxygen atoms in total. The number of rotatable bonds is 8. The molecule has 2 aromatic carbocycles. The highest BCUT2D eigenvalue weighted by Gasteiger charge is 2.07. The van der Waals surface area contributed by atoms with Gasteiger partial charge in [0.05, 0.1) is 12.1 Å². The number of benzene rings is 2. The first-order chi connectivity index (χ1) is 13.8. The number of carbonyl (C=O) groups excluding carboxylic acids is 1. The molecule has 7 heteroatoms. The number of amides is 1. The molecule has 0 aliphatic rings. The van der Waals surface area contributed by atoms with Gasteiger partial charge in [-0.15, -0.1) is 16.4 Å². The lowest BCUT2D eigenvalue weighted by Gasteiger charge is -2.07. The number of aromatic nitrogens is 3. The van der Waals surface area contributed by atoms with Gasteiger partial charge < -0.3 is 5.32 Å². The van der Waals surface area contributed by atoms with Gasteiger partial charge in [-0.25, -0.2) is 4.68 Å². The highest BCUT2D eigenvalue weighted by Crippen LogP contribution is 2.16. The first-order valence-corrected chi connectivity index (χ1v) is 11.1. The predicted octanol–water partition coefficient (Wildman–Crippen LogP) is 4.20. The second kappa shape index (κ2) is 9.03. The van der Waals surface area contributed by atoms with Crippen LogP contribution >= 0.6 is 23.1 Å². The van der Waals surface area contributed by atoms with Crippen molar-refractivity contribution in [2.45, 2.75) is 12.3 Å². The zero-order chi connectivity index (χ0) is 19.2. The van der Waals surface area contributed by atoms with E-state index in [2.05, 4.69) is 33.1 Å². The van der Waals surface area contributed by atoms with Crippen LogP contribution in [0.3, 0.4) is 0 Å². The quantitative estimate of drug-likeness (QED) is 0.444. The van der Waals surface area contributed by atoms with Crippen LogP contribution in [0.1, 0.15) is 20.8 Å². The van der Waals surface area contributed by atoms with Gasteiger partial charge in [0.2, 0.25) is 0 Å². The van der Waals surface area contributed by atoms with Gasteiger partial charge in [-0.1, -0.05) is 35.5 Å². The van der Waals surface area contributed by atoms with E-state index in [-0.39, 0.29) is 5.91 Å². The molecule has 0 fully saturated rings. The summed E-state index contributed by atoms with van der Waals surface area (Å²) in [5.74, 6) is 1.87. The largest absolute Gasteiger partial charge is 0.351 e. The molecule has 1 N–H and O–H groups in total. The summed E-state index contributed by atoms with van der Waals surface area (Å²) < 4.78 is 1.87. The molecule has 2 aromatic heterocycles. The van der Waals surface area contributed by atoms with Crippen molar-refractivity contribution in [1.82, 2.24) is 20.3 Å². The van der Waals surface area contributed by atoms with Crippen LogP contribution in [0.25, 0.3) is 11.0 Å². The van der Waals surface area contributed by atoms with E-state index >= 15 is 0 Å². The lowest BCUT2D eigenvalue weighted by atomic mass is 10.1. The van der Waals surface area contributed by atoms with Gasteiger partial charge in [-0.2, -0.15) is 11.8 Å². The molecule has 0 unspecified atom stereocenters. The van der Waals surface area contributed by atoms with Crippen molar-refractivity contribution in [3.8, 4) is 0 Å². The molecule has 0 aliphatic heterocycles. The molecule has 0 saturated heterocycles. The molecule has 4 rings (SSSR count). The van der Waals surface area contributed by atoms with E-state index in [4.69, 9.17) is 0 Å². The Hall–Kier alpha value is -2.64. The number of hydrogen-bond acceptors (Lipinski definition) is 5. The molecule has 0 spiro atoms. The van der Waals surface area contributed by atoms with Crippen LogP contribution in [0.5, 0.6) is 0 Å². The summed E-state index contributed by atoms with van der Waals surface area (Å²) >= 11 is 3.60. The van der Waals surface area contributed by atoms with Gasteiger partial charge in [0.1, 0.15) is 5.52 Å². The fourth-order valence-electron chi connectivity index (χ4n) is 2.87. The standard InChI is InChI=1S/C21H20N4OS2/c26-21(22-11-13-27-15-18-4-3-12-28-18)17-9-7-16(8-10-17)14-25-20-6-2-1-5-19(20)23-24-25/h1-10,12H,11,13-15H2,(H,22,26). The topological polar surface area (TPSA) is 59.8 Å². The SMILES string of the molecule is O=C(NCCSCc1cccs1)c1ccc(Cn2nnc3ccccc32)cc1. The van der Waals surface area contributed by atoms with E-state index in [1.165, 1.54) is 4.88 Å². The fourth-order valence-corrected chi connectivity index (χ4v) is 4.57. The van der Waals surface area contributed by atoms with Crippen molar-refractivity contribution in [2.24, 2.45) is 0 Å². The van der Waals surface area contributed by atoms with Crippen LogP contribution in [-0.4, -0.2) is 33.2 Å². The first kappa shape index (κ1) is 18.7. The van der Waals surface area contributed by atoms with E-state index in [0.717, 1.165) is 28.1 Å². The number of nitrogens with one attached hydrogen (secondary N) is 1. The number of hydrogen-bond donors (Lipinski definition) is 1. The molecule has 0 atom stereocenters. The third kappa shape index (κ3) is 4.61. The summed E-state index contributed by atoms with van der Waals surface area (Å²) in [5, 5.41) is 13.5.